The monoisotopic (exact) mass is 428 g/mol. The summed E-state index contributed by atoms with van der Waals surface area (Å²) >= 11 is 0. The van der Waals surface area contributed by atoms with E-state index in [1.165, 1.54) is 18.3 Å². The van der Waals surface area contributed by atoms with Gasteiger partial charge in [0.15, 0.2) is 5.78 Å². The number of ketones is 1. The number of nitrogens with zero attached hydrogens (tertiary/aromatic N) is 2. The van der Waals surface area contributed by atoms with Crippen molar-refractivity contribution in [2.75, 3.05) is 11.1 Å². The number of carbonyl (C=O) groups is 2. The third kappa shape index (κ3) is 3.90. The number of rotatable bonds is 3. The number of alkyl halides is 3. The Balaban J connectivity index is 1.62. The molecule has 4 rings (SSSR count). The number of nitrogen functional groups attached to an aromatic ring is 1. The Kier molecular flexibility index (Phi) is 5.04. The summed E-state index contributed by atoms with van der Waals surface area (Å²) in [4.78, 5) is 25.8. The van der Waals surface area contributed by atoms with Gasteiger partial charge in [0.25, 0.3) is 5.91 Å². The third-order valence-electron chi connectivity index (χ3n) is 5.40. The van der Waals surface area contributed by atoms with Crippen molar-refractivity contribution in [3.05, 3.63) is 77.1 Å². The van der Waals surface area contributed by atoms with E-state index in [-0.39, 0.29) is 23.2 Å². The van der Waals surface area contributed by atoms with Crippen molar-refractivity contribution in [3.63, 3.8) is 0 Å². The van der Waals surface area contributed by atoms with E-state index >= 15 is 0 Å². The van der Waals surface area contributed by atoms with Gasteiger partial charge in [0.1, 0.15) is 5.69 Å². The highest BCUT2D eigenvalue weighted by molar-refractivity contribution is 6.10. The van der Waals surface area contributed by atoms with Crippen LogP contribution in [0.4, 0.5) is 24.5 Å². The van der Waals surface area contributed by atoms with Crippen LogP contribution in [-0.4, -0.2) is 21.5 Å². The van der Waals surface area contributed by atoms with Gasteiger partial charge in [-0.3, -0.25) is 14.3 Å². The first-order chi connectivity index (χ1) is 14.6. The lowest BCUT2D eigenvalue weighted by Crippen LogP contribution is -2.29. The van der Waals surface area contributed by atoms with Crippen molar-refractivity contribution >= 4 is 23.1 Å². The van der Waals surface area contributed by atoms with Crippen LogP contribution in [0.2, 0.25) is 0 Å². The minimum Gasteiger partial charge on any atom is -0.399 e. The number of amides is 1. The van der Waals surface area contributed by atoms with Crippen LogP contribution < -0.4 is 11.1 Å². The molecule has 2 aromatic carbocycles. The molecule has 0 fully saturated rings. The molecule has 3 aromatic rings. The van der Waals surface area contributed by atoms with E-state index in [1.54, 1.807) is 28.9 Å². The summed E-state index contributed by atoms with van der Waals surface area (Å²) < 4.78 is 40.1. The molecule has 3 N–H and O–H groups in total. The Morgan fingerprint density at radius 3 is 2.39 bits per heavy atom. The number of hydrogen-bond acceptors (Lipinski definition) is 4. The Bertz CT molecular complexity index is 1140. The van der Waals surface area contributed by atoms with Gasteiger partial charge in [0.2, 0.25) is 0 Å². The molecule has 2 atom stereocenters. The molecule has 1 unspecified atom stereocenters. The van der Waals surface area contributed by atoms with E-state index in [9.17, 15) is 22.8 Å². The van der Waals surface area contributed by atoms with Gasteiger partial charge in [-0.1, -0.05) is 12.1 Å². The molecule has 0 aliphatic carbocycles. The molecule has 1 amide bonds. The molecule has 1 aromatic heterocycles. The van der Waals surface area contributed by atoms with Crippen LogP contribution in [0.5, 0.6) is 0 Å². The van der Waals surface area contributed by atoms with Gasteiger partial charge < -0.3 is 11.1 Å². The average molecular weight is 428 g/mol. The van der Waals surface area contributed by atoms with Gasteiger partial charge in [-0.05, 0) is 55.3 Å². The van der Waals surface area contributed by atoms with Gasteiger partial charge in [-0.25, -0.2) is 0 Å². The van der Waals surface area contributed by atoms with Crippen LogP contribution in [0, 0.1) is 0 Å². The van der Waals surface area contributed by atoms with Crippen LogP contribution in [0.1, 0.15) is 57.3 Å². The fraction of sp³-hybridized carbons (Fsp3) is 0.227. The zero-order valence-electron chi connectivity index (χ0n) is 16.5. The Morgan fingerprint density at radius 2 is 1.77 bits per heavy atom. The minimum absolute atomic E-state index is 0.179. The van der Waals surface area contributed by atoms with Crippen LogP contribution in [0.3, 0.4) is 0 Å². The topological polar surface area (TPSA) is 90.0 Å². The zero-order chi connectivity index (χ0) is 22.3. The van der Waals surface area contributed by atoms with Gasteiger partial charge in [0, 0.05) is 11.3 Å². The van der Waals surface area contributed by atoms with E-state index in [0.717, 1.165) is 12.1 Å². The molecule has 0 spiro atoms. The van der Waals surface area contributed by atoms with Crippen LogP contribution >= 0.6 is 0 Å². The molecule has 160 valence electrons. The fourth-order valence-corrected chi connectivity index (χ4v) is 3.77. The fourth-order valence-electron chi connectivity index (χ4n) is 3.77. The first kappa shape index (κ1) is 20.6. The molecule has 0 saturated heterocycles. The number of nitrogens with two attached hydrogens (primary N) is 1. The van der Waals surface area contributed by atoms with E-state index in [2.05, 4.69) is 10.4 Å². The number of halogens is 3. The maximum atomic E-state index is 13.2. The summed E-state index contributed by atoms with van der Waals surface area (Å²) in [5.74, 6) is -1.36. The van der Waals surface area contributed by atoms with Gasteiger partial charge in [-0.15, -0.1) is 0 Å². The van der Waals surface area contributed by atoms with Gasteiger partial charge in [-0.2, -0.15) is 18.3 Å². The minimum atomic E-state index is -4.44. The van der Waals surface area contributed by atoms with Crippen LogP contribution in [0.15, 0.2) is 54.7 Å². The molecule has 0 bridgehead atoms. The SMILES string of the molecule is C[C@H]1CC(c2ccc(C(F)(F)F)cc2)C(=O)c2c(NC(=O)c3ccc(N)cc3)cnn21. The molecule has 9 heteroatoms. The lowest BCUT2D eigenvalue weighted by Gasteiger charge is -2.28. The average Bonchev–Trinajstić information content (AvgIpc) is 3.15. The number of Topliss-reactive ketones (excluding diaryl/α,β-unsaturated/α-hetero) is 1. The number of aromatic nitrogens is 2. The Hall–Kier alpha value is -3.62. The highest BCUT2D eigenvalue weighted by Crippen LogP contribution is 2.39. The maximum Gasteiger partial charge on any atom is 0.416 e. The first-order valence-electron chi connectivity index (χ1n) is 9.61. The second-order valence-electron chi connectivity index (χ2n) is 7.55. The molecule has 0 saturated carbocycles. The van der Waals surface area contributed by atoms with Crippen molar-refractivity contribution in [1.82, 2.24) is 9.78 Å². The smallest absolute Gasteiger partial charge is 0.399 e. The van der Waals surface area contributed by atoms with Crippen molar-refractivity contribution < 1.29 is 22.8 Å². The number of fused-ring (bicyclic) bond motifs is 1. The van der Waals surface area contributed by atoms with Crippen molar-refractivity contribution in [1.29, 1.82) is 0 Å². The van der Waals surface area contributed by atoms with E-state index in [1.807, 2.05) is 6.92 Å². The third-order valence-corrected chi connectivity index (χ3v) is 5.40. The molecular weight excluding hydrogens is 409 g/mol. The van der Waals surface area contributed by atoms with Crippen molar-refractivity contribution in [3.8, 4) is 0 Å². The number of anilines is 2. The molecular formula is C22H19F3N4O2. The highest BCUT2D eigenvalue weighted by atomic mass is 19.4. The normalized spacial score (nSPS) is 18.5. The second-order valence-corrected chi connectivity index (χ2v) is 7.55. The van der Waals surface area contributed by atoms with Crippen LogP contribution in [-0.2, 0) is 6.18 Å². The van der Waals surface area contributed by atoms with E-state index in [4.69, 9.17) is 5.73 Å². The number of nitrogens with one attached hydrogen (secondary N) is 1. The van der Waals surface area contributed by atoms with Crippen molar-refractivity contribution in [2.24, 2.45) is 0 Å². The number of hydrogen-bond donors (Lipinski definition) is 2. The summed E-state index contributed by atoms with van der Waals surface area (Å²) in [6.07, 6.45) is -2.64. The molecule has 1 aliphatic rings. The lowest BCUT2D eigenvalue weighted by molar-refractivity contribution is -0.137. The second kappa shape index (κ2) is 7.57. The quantitative estimate of drug-likeness (QED) is 0.594. The number of benzene rings is 2. The van der Waals surface area contributed by atoms with Crippen LogP contribution in [0.25, 0.3) is 0 Å². The zero-order valence-corrected chi connectivity index (χ0v) is 16.5. The molecule has 31 heavy (non-hydrogen) atoms. The van der Waals surface area contributed by atoms with Gasteiger partial charge >= 0.3 is 6.18 Å². The summed E-state index contributed by atoms with van der Waals surface area (Å²) in [5, 5.41) is 6.94. The Labute approximate surface area is 175 Å². The first-order valence-corrected chi connectivity index (χ1v) is 9.61. The summed E-state index contributed by atoms with van der Waals surface area (Å²) in [6.45, 7) is 1.87. The molecule has 6 nitrogen and oxygen atoms in total. The maximum absolute atomic E-state index is 13.2. The predicted molar refractivity (Wildman–Crippen MR) is 109 cm³/mol. The van der Waals surface area contributed by atoms with Gasteiger partial charge in [0.05, 0.1) is 29.4 Å². The highest BCUT2D eigenvalue weighted by Gasteiger charge is 2.37. The number of carbonyl (C=O) groups excluding carboxylic acids is 2. The molecule has 1 aliphatic heterocycles. The Morgan fingerprint density at radius 1 is 1.13 bits per heavy atom. The largest absolute Gasteiger partial charge is 0.416 e. The molecule has 2 heterocycles. The molecule has 0 radical (unpaired) electrons. The van der Waals surface area contributed by atoms with Crippen molar-refractivity contribution in [2.45, 2.75) is 31.5 Å². The standard InChI is InChI=1S/C22H19F3N4O2/c1-12-10-17(13-2-6-15(7-3-13)22(23,24)25)20(30)19-18(11-27-29(12)19)28-21(31)14-4-8-16(26)9-5-14/h2-9,11-12,17H,10,26H2,1H3,(H,28,31)/t12-,17?/m0/s1. The predicted octanol–water partition coefficient (Wildman–Crippen LogP) is 4.67. The lowest BCUT2D eigenvalue weighted by atomic mass is 9.84. The van der Waals surface area contributed by atoms with E-state index in [0.29, 0.717) is 23.2 Å². The van der Waals surface area contributed by atoms with E-state index < -0.39 is 23.6 Å². The summed E-state index contributed by atoms with van der Waals surface area (Å²) in [6, 6.07) is 10.8. The summed E-state index contributed by atoms with van der Waals surface area (Å²) in [7, 11) is 0. The summed E-state index contributed by atoms with van der Waals surface area (Å²) in [5.41, 5.74) is 6.73.